The molecule has 158 valence electrons. The fourth-order valence-electron chi connectivity index (χ4n) is 4.10. The first-order valence-electron chi connectivity index (χ1n) is 10.5. The van der Waals surface area contributed by atoms with Crippen LogP contribution in [0.4, 0.5) is 0 Å². The fourth-order valence-corrected chi connectivity index (χ4v) is 4.10. The summed E-state index contributed by atoms with van der Waals surface area (Å²) in [5, 5.41) is 4.28. The second-order valence-electron chi connectivity index (χ2n) is 7.73. The number of benzene rings is 3. The van der Waals surface area contributed by atoms with Gasteiger partial charge in [0.05, 0.1) is 17.4 Å². The lowest BCUT2D eigenvalue weighted by molar-refractivity contribution is -0.121. The van der Waals surface area contributed by atoms with E-state index >= 15 is 0 Å². The van der Waals surface area contributed by atoms with E-state index in [0.29, 0.717) is 23.9 Å². The topological polar surface area (TPSA) is 68.9 Å². The highest BCUT2D eigenvalue weighted by molar-refractivity contribution is 5.94. The maximum atomic E-state index is 13.0. The number of nitrogens with zero attached hydrogens (tertiary/aromatic N) is 3. The van der Waals surface area contributed by atoms with E-state index in [0.717, 1.165) is 22.2 Å². The van der Waals surface area contributed by atoms with E-state index in [2.05, 4.69) is 16.4 Å². The zero-order valence-electron chi connectivity index (χ0n) is 17.4. The van der Waals surface area contributed by atoms with E-state index in [4.69, 9.17) is 0 Å². The van der Waals surface area contributed by atoms with Gasteiger partial charge in [0.1, 0.15) is 6.54 Å². The Hall–Kier alpha value is -4.19. The molecule has 2 aromatic heterocycles. The van der Waals surface area contributed by atoms with Gasteiger partial charge in [-0.15, -0.1) is 0 Å². The number of carbonyl (C=O) groups is 1. The quantitative estimate of drug-likeness (QED) is 0.424. The predicted molar refractivity (Wildman–Crippen MR) is 125 cm³/mol. The highest BCUT2D eigenvalue weighted by atomic mass is 16.2. The molecule has 0 aliphatic rings. The second-order valence-corrected chi connectivity index (χ2v) is 7.73. The highest BCUT2D eigenvalue weighted by Crippen LogP contribution is 2.19. The van der Waals surface area contributed by atoms with Crippen molar-refractivity contribution in [1.82, 2.24) is 19.4 Å². The van der Waals surface area contributed by atoms with Crippen LogP contribution in [0.5, 0.6) is 0 Å². The summed E-state index contributed by atoms with van der Waals surface area (Å²) in [5.74, 6) is -0.110. The van der Waals surface area contributed by atoms with Crippen LogP contribution in [0.1, 0.15) is 11.1 Å². The zero-order chi connectivity index (χ0) is 21.9. The van der Waals surface area contributed by atoms with Crippen LogP contribution >= 0.6 is 0 Å². The van der Waals surface area contributed by atoms with Crippen LogP contribution in [0.2, 0.25) is 0 Å². The van der Waals surface area contributed by atoms with Gasteiger partial charge in [-0.1, -0.05) is 48.5 Å². The molecule has 0 fully saturated rings. The van der Waals surface area contributed by atoms with Crippen LogP contribution in [0.25, 0.3) is 21.8 Å². The minimum Gasteiger partial charge on any atom is -0.350 e. The maximum Gasteiger partial charge on any atom is 0.240 e. The molecule has 0 spiro atoms. The molecule has 2 heterocycles. The number of carbonyl (C=O) groups excluding carboxylic acids is 1. The number of para-hydroxylation sites is 2. The normalized spacial score (nSPS) is 11.1. The largest absolute Gasteiger partial charge is 0.350 e. The number of nitrogens with one attached hydrogen (secondary N) is 1. The maximum absolute atomic E-state index is 13.0. The molecule has 0 atom stereocenters. The fraction of sp³-hybridized carbons (Fsp3) is 0.115. The van der Waals surface area contributed by atoms with Crippen molar-refractivity contribution in [3.05, 3.63) is 113 Å². The van der Waals surface area contributed by atoms with Crippen molar-refractivity contribution in [3.8, 4) is 0 Å². The van der Waals surface area contributed by atoms with Crippen LogP contribution in [-0.4, -0.2) is 20.0 Å². The van der Waals surface area contributed by atoms with Gasteiger partial charge >= 0.3 is 0 Å². The molecular weight excluding hydrogens is 400 g/mol. The number of pyridine rings is 1. The third kappa shape index (κ3) is 3.78. The Kier molecular flexibility index (Phi) is 5.25. The molecule has 5 aromatic rings. The summed E-state index contributed by atoms with van der Waals surface area (Å²) in [4.78, 5) is 29.9. The first-order chi connectivity index (χ1) is 15.7. The van der Waals surface area contributed by atoms with Gasteiger partial charge in [0.25, 0.3) is 0 Å². The summed E-state index contributed by atoms with van der Waals surface area (Å²) in [7, 11) is 0. The summed E-state index contributed by atoms with van der Waals surface area (Å²) >= 11 is 0. The SMILES string of the molecule is O=C(Cn1c2ccccc2c(=O)c2ccccc21)NCc1ccccc1Cn1ccnc1. The first-order valence-corrected chi connectivity index (χ1v) is 10.5. The Morgan fingerprint density at radius 3 is 2.12 bits per heavy atom. The molecule has 6 nitrogen and oxygen atoms in total. The van der Waals surface area contributed by atoms with Crippen LogP contribution < -0.4 is 10.7 Å². The third-order valence-corrected chi connectivity index (χ3v) is 5.69. The van der Waals surface area contributed by atoms with Gasteiger partial charge < -0.3 is 14.5 Å². The molecule has 5 rings (SSSR count). The standard InChI is InChI=1S/C26H22N4O2/c31-25(28-15-19-7-1-2-8-20(19)16-29-14-13-27-18-29)17-30-23-11-5-3-9-21(23)26(32)22-10-4-6-12-24(22)30/h1-14,18H,15-17H2,(H,28,31). The highest BCUT2D eigenvalue weighted by Gasteiger charge is 2.13. The average Bonchev–Trinajstić information content (AvgIpc) is 3.34. The molecule has 0 radical (unpaired) electrons. The molecule has 0 saturated carbocycles. The molecule has 0 aliphatic heterocycles. The predicted octanol–water partition coefficient (Wildman–Crippen LogP) is 3.72. The van der Waals surface area contributed by atoms with Crippen molar-refractivity contribution in [2.24, 2.45) is 0 Å². The minimum absolute atomic E-state index is 0.0127. The molecular formula is C26H22N4O2. The van der Waals surface area contributed by atoms with Crippen molar-refractivity contribution in [3.63, 3.8) is 0 Å². The summed E-state index contributed by atoms with van der Waals surface area (Å²) in [5.41, 5.74) is 3.69. The van der Waals surface area contributed by atoms with Crippen LogP contribution in [0.15, 0.2) is 96.3 Å². The number of aromatic nitrogens is 3. The van der Waals surface area contributed by atoms with Gasteiger partial charge in [0.2, 0.25) is 5.91 Å². The van der Waals surface area contributed by atoms with Gasteiger partial charge in [-0.25, -0.2) is 4.98 Å². The van der Waals surface area contributed by atoms with Crippen LogP contribution in [0.3, 0.4) is 0 Å². The molecule has 0 bridgehead atoms. The van der Waals surface area contributed by atoms with Gasteiger partial charge in [0, 0.05) is 36.3 Å². The average molecular weight is 422 g/mol. The number of imidazole rings is 1. The van der Waals surface area contributed by atoms with E-state index < -0.39 is 0 Å². The molecule has 6 heteroatoms. The van der Waals surface area contributed by atoms with Gasteiger partial charge in [-0.2, -0.15) is 0 Å². The molecule has 1 amide bonds. The van der Waals surface area contributed by atoms with E-state index in [9.17, 15) is 9.59 Å². The lowest BCUT2D eigenvalue weighted by atomic mass is 10.1. The minimum atomic E-state index is -0.110. The van der Waals surface area contributed by atoms with Gasteiger partial charge in [-0.3, -0.25) is 9.59 Å². The molecule has 0 unspecified atom stereocenters. The van der Waals surface area contributed by atoms with E-state index in [1.807, 2.05) is 82.1 Å². The zero-order valence-corrected chi connectivity index (χ0v) is 17.4. The molecule has 1 N–H and O–H groups in total. The van der Waals surface area contributed by atoms with E-state index in [-0.39, 0.29) is 17.9 Å². The lowest BCUT2D eigenvalue weighted by Crippen LogP contribution is -2.28. The Labute approximate surface area is 184 Å². The number of hydrogen-bond donors (Lipinski definition) is 1. The number of hydrogen-bond acceptors (Lipinski definition) is 3. The van der Waals surface area contributed by atoms with Crippen molar-refractivity contribution >= 4 is 27.7 Å². The van der Waals surface area contributed by atoms with Gasteiger partial charge in [0.15, 0.2) is 5.43 Å². The van der Waals surface area contributed by atoms with E-state index in [1.54, 1.807) is 12.5 Å². The van der Waals surface area contributed by atoms with Gasteiger partial charge in [-0.05, 0) is 35.4 Å². The van der Waals surface area contributed by atoms with Crippen LogP contribution in [-0.2, 0) is 24.4 Å². The Morgan fingerprint density at radius 1 is 0.844 bits per heavy atom. The summed E-state index contributed by atoms with van der Waals surface area (Å²) in [6.45, 7) is 1.26. The van der Waals surface area contributed by atoms with Crippen molar-refractivity contribution in [2.45, 2.75) is 19.6 Å². The first kappa shape index (κ1) is 19.8. The Balaban J connectivity index is 1.41. The Bertz CT molecular complexity index is 1410. The number of rotatable bonds is 6. The van der Waals surface area contributed by atoms with Crippen molar-refractivity contribution in [2.75, 3.05) is 0 Å². The smallest absolute Gasteiger partial charge is 0.240 e. The number of fused-ring (bicyclic) bond motifs is 2. The summed E-state index contributed by atoms with van der Waals surface area (Å²) in [6, 6.07) is 22.9. The third-order valence-electron chi connectivity index (χ3n) is 5.69. The van der Waals surface area contributed by atoms with E-state index in [1.165, 1.54) is 0 Å². The molecule has 0 saturated heterocycles. The summed E-state index contributed by atoms with van der Waals surface area (Å²) < 4.78 is 3.91. The summed E-state index contributed by atoms with van der Waals surface area (Å²) in [6.07, 6.45) is 5.45. The molecule has 3 aromatic carbocycles. The molecule has 32 heavy (non-hydrogen) atoms. The number of amides is 1. The van der Waals surface area contributed by atoms with Crippen molar-refractivity contribution in [1.29, 1.82) is 0 Å². The lowest BCUT2D eigenvalue weighted by Gasteiger charge is -2.16. The Morgan fingerprint density at radius 2 is 1.47 bits per heavy atom. The monoisotopic (exact) mass is 422 g/mol. The van der Waals surface area contributed by atoms with Crippen LogP contribution in [0, 0.1) is 0 Å². The molecule has 0 aliphatic carbocycles. The second kappa shape index (κ2) is 8.51. The van der Waals surface area contributed by atoms with Crippen molar-refractivity contribution < 1.29 is 4.79 Å².